The molecule has 5 nitrogen and oxygen atoms in total. The summed E-state index contributed by atoms with van der Waals surface area (Å²) in [7, 11) is 0. The van der Waals surface area contributed by atoms with Gasteiger partial charge in [-0.2, -0.15) is 0 Å². The van der Waals surface area contributed by atoms with Crippen molar-refractivity contribution in [1.29, 1.82) is 0 Å². The summed E-state index contributed by atoms with van der Waals surface area (Å²) in [4.78, 5) is 32.5. The van der Waals surface area contributed by atoms with Gasteiger partial charge in [-0.25, -0.2) is 0 Å². The van der Waals surface area contributed by atoms with Crippen LogP contribution in [0.15, 0.2) is 30.3 Å². The molecule has 0 aromatic heterocycles. The smallest absolute Gasteiger partial charge is 0.246 e. The molecule has 1 spiro atoms. The Bertz CT molecular complexity index is 877. The monoisotopic (exact) mass is 469 g/mol. The van der Waals surface area contributed by atoms with E-state index in [1.165, 1.54) is 32.1 Å². The third-order valence-electron chi connectivity index (χ3n) is 8.56. The highest BCUT2D eigenvalue weighted by atomic mass is 35.5. The van der Waals surface area contributed by atoms with Crippen LogP contribution in [0.2, 0.25) is 5.02 Å². The molecule has 2 saturated heterocycles. The number of carbonyl (C=O) groups is 2. The second-order valence-corrected chi connectivity index (χ2v) is 10.9. The summed E-state index contributed by atoms with van der Waals surface area (Å²) in [6, 6.07) is 8.23. The van der Waals surface area contributed by atoms with Gasteiger partial charge in [-0.15, -0.1) is 0 Å². The predicted octanol–water partition coefficient (Wildman–Crippen LogP) is 4.46. The van der Waals surface area contributed by atoms with Crippen LogP contribution in [0.3, 0.4) is 0 Å². The molecular weight excluding hydrogens is 434 g/mol. The largest absolute Gasteiger partial charge is 0.340 e. The second kappa shape index (κ2) is 9.79. The number of rotatable bonds is 4. The van der Waals surface area contributed by atoms with Gasteiger partial charge in [-0.05, 0) is 61.3 Å². The molecule has 0 bridgehead atoms. The molecule has 0 N–H and O–H groups in total. The molecule has 0 unspecified atom stereocenters. The van der Waals surface area contributed by atoms with Crippen LogP contribution in [0, 0.1) is 11.3 Å². The molecule has 1 aromatic carbocycles. The number of piperazine rings is 1. The molecule has 1 aromatic rings. The molecule has 33 heavy (non-hydrogen) atoms. The Kier molecular flexibility index (Phi) is 6.80. The number of likely N-dealkylation sites (tertiary alicyclic amines) is 1. The van der Waals surface area contributed by atoms with E-state index in [1.807, 2.05) is 35.2 Å². The van der Waals surface area contributed by atoms with Gasteiger partial charge in [-0.1, -0.05) is 43.0 Å². The molecule has 2 aliphatic carbocycles. The number of amides is 2. The summed E-state index contributed by atoms with van der Waals surface area (Å²) in [5.74, 6) is 0.614. The van der Waals surface area contributed by atoms with Crippen molar-refractivity contribution < 1.29 is 9.59 Å². The second-order valence-electron chi connectivity index (χ2n) is 10.5. The summed E-state index contributed by atoms with van der Waals surface area (Å²) in [6.45, 7) is 5.37. The number of benzene rings is 1. The van der Waals surface area contributed by atoms with Crippen molar-refractivity contribution in [2.75, 3.05) is 39.3 Å². The highest BCUT2D eigenvalue weighted by molar-refractivity contribution is 6.30. The Labute approximate surface area is 202 Å². The third kappa shape index (κ3) is 5.14. The van der Waals surface area contributed by atoms with Gasteiger partial charge in [-0.3, -0.25) is 14.5 Å². The van der Waals surface area contributed by atoms with Gasteiger partial charge in [0.2, 0.25) is 11.8 Å². The number of carbonyl (C=O) groups excluding carboxylic acids is 2. The first kappa shape index (κ1) is 22.9. The van der Waals surface area contributed by atoms with Crippen molar-refractivity contribution in [3.05, 3.63) is 40.9 Å². The van der Waals surface area contributed by atoms with Crippen LogP contribution in [0.4, 0.5) is 0 Å². The lowest BCUT2D eigenvalue weighted by atomic mass is 9.90. The van der Waals surface area contributed by atoms with E-state index < -0.39 is 0 Å². The van der Waals surface area contributed by atoms with Gasteiger partial charge in [0.15, 0.2) is 0 Å². The zero-order chi connectivity index (χ0) is 22.8. The van der Waals surface area contributed by atoms with Gasteiger partial charge < -0.3 is 9.80 Å². The number of hydrogen-bond acceptors (Lipinski definition) is 3. The fourth-order valence-electron chi connectivity index (χ4n) is 6.24. The fraction of sp³-hybridized carbons (Fsp3) is 0.630. The van der Waals surface area contributed by atoms with Crippen LogP contribution < -0.4 is 0 Å². The quantitative estimate of drug-likeness (QED) is 0.611. The number of nitrogens with zero attached hydrogens (tertiary/aromatic N) is 3. The van der Waals surface area contributed by atoms with Crippen molar-refractivity contribution in [2.45, 2.75) is 57.4 Å². The minimum atomic E-state index is 0.0576. The fourth-order valence-corrected chi connectivity index (χ4v) is 6.37. The lowest BCUT2D eigenvalue weighted by molar-refractivity contribution is -0.136. The average molecular weight is 470 g/mol. The summed E-state index contributed by atoms with van der Waals surface area (Å²) in [5.41, 5.74) is 1.12. The Hall–Kier alpha value is -1.85. The van der Waals surface area contributed by atoms with Crippen molar-refractivity contribution in [3.63, 3.8) is 0 Å². The minimum absolute atomic E-state index is 0.0576. The topological polar surface area (TPSA) is 43.9 Å². The summed E-state index contributed by atoms with van der Waals surface area (Å²) in [5, 5.41) is 0.694. The number of halogens is 1. The molecule has 178 valence electrons. The molecule has 5 rings (SSSR count). The van der Waals surface area contributed by atoms with Gasteiger partial charge in [0.1, 0.15) is 0 Å². The molecule has 0 radical (unpaired) electrons. The Balaban J connectivity index is 1.07. The van der Waals surface area contributed by atoms with Gasteiger partial charge in [0.25, 0.3) is 0 Å². The molecule has 2 saturated carbocycles. The molecule has 4 fully saturated rings. The summed E-state index contributed by atoms with van der Waals surface area (Å²) >= 11 is 5.92. The van der Waals surface area contributed by atoms with E-state index in [-0.39, 0.29) is 17.2 Å². The Morgan fingerprint density at radius 3 is 2.21 bits per heavy atom. The zero-order valence-electron chi connectivity index (χ0n) is 19.6. The first-order valence-corrected chi connectivity index (χ1v) is 13.2. The number of piperidine rings is 1. The first-order valence-electron chi connectivity index (χ1n) is 12.8. The average Bonchev–Trinajstić information content (AvgIpc) is 3.57. The maximum atomic E-state index is 13.2. The van der Waals surface area contributed by atoms with E-state index in [0.717, 1.165) is 70.1 Å². The highest BCUT2D eigenvalue weighted by Crippen LogP contribution is 2.60. The first-order chi connectivity index (χ1) is 16.0. The zero-order valence-corrected chi connectivity index (χ0v) is 20.3. The van der Waals surface area contributed by atoms with E-state index in [4.69, 9.17) is 11.6 Å². The lowest BCUT2D eigenvalue weighted by Gasteiger charge is -2.41. The molecular formula is C27H36ClN3O2. The van der Waals surface area contributed by atoms with Gasteiger partial charge >= 0.3 is 0 Å². The lowest BCUT2D eigenvalue weighted by Crippen LogP contribution is -2.53. The standard InChI is InChI=1S/C27H36ClN3O2/c28-22-9-6-21(7-10-22)8-11-25(32)30-14-12-27(13-15-30)20-24(27)26(33)31-18-16-29(17-19-31)23-4-2-1-3-5-23/h6-11,23-24H,1-5,12-20H2/b11-8+/t24-/m0/s1. The van der Waals surface area contributed by atoms with Crippen LogP contribution in [-0.4, -0.2) is 71.8 Å². The van der Waals surface area contributed by atoms with E-state index >= 15 is 0 Å². The van der Waals surface area contributed by atoms with Crippen molar-refractivity contribution in [1.82, 2.24) is 14.7 Å². The van der Waals surface area contributed by atoms with E-state index in [0.29, 0.717) is 10.9 Å². The molecule has 2 amide bonds. The van der Waals surface area contributed by atoms with Gasteiger partial charge in [0, 0.05) is 62.3 Å². The summed E-state index contributed by atoms with van der Waals surface area (Å²) < 4.78 is 0. The maximum Gasteiger partial charge on any atom is 0.246 e. The molecule has 6 heteroatoms. The Morgan fingerprint density at radius 2 is 1.55 bits per heavy atom. The highest BCUT2D eigenvalue weighted by Gasteiger charge is 2.59. The van der Waals surface area contributed by atoms with Crippen LogP contribution in [0.5, 0.6) is 0 Å². The molecule has 2 heterocycles. The molecule has 1 atom stereocenters. The number of hydrogen-bond donors (Lipinski definition) is 0. The van der Waals surface area contributed by atoms with Crippen LogP contribution in [-0.2, 0) is 9.59 Å². The Morgan fingerprint density at radius 1 is 0.879 bits per heavy atom. The predicted molar refractivity (Wildman–Crippen MR) is 132 cm³/mol. The van der Waals surface area contributed by atoms with Crippen LogP contribution in [0.25, 0.3) is 6.08 Å². The van der Waals surface area contributed by atoms with Crippen LogP contribution in [0.1, 0.15) is 56.9 Å². The maximum absolute atomic E-state index is 13.2. The molecule has 2 aliphatic heterocycles. The molecule has 4 aliphatic rings. The van der Waals surface area contributed by atoms with Crippen molar-refractivity contribution in [2.24, 2.45) is 11.3 Å². The van der Waals surface area contributed by atoms with Crippen molar-refractivity contribution in [3.8, 4) is 0 Å². The third-order valence-corrected chi connectivity index (χ3v) is 8.82. The summed E-state index contributed by atoms with van der Waals surface area (Å²) in [6.07, 6.45) is 13.2. The SMILES string of the molecule is O=C(/C=C/c1ccc(Cl)cc1)N1CCC2(CC1)C[C@H]2C(=O)N1CCN(C2CCCCC2)CC1. The minimum Gasteiger partial charge on any atom is -0.340 e. The van der Waals surface area contributed by atoms with E-state index in [2.05, 4.69) is 9.80 Å². The van der Waals surface area contributed by atoms with Gasteiger partial charge in [0.05, 0.1) is 0 Å². The van der Waals surface area contributed by atoms with Crippen molar-refractivity contribution >= 4 is 29.5 Å². The van der Waals surface area contributed by atoms with E-state index in [1.54, 1.807) is 6.08 Å². The van der Waals surface area contributed by atoms with E-state index in [9.17, 15) is 9.59 Å². The normalized spacial score (nSPS) is 26.2. The van der Waals surface area contributed by atoms with Crippen LogP contribution >= 0.6 is 11.6 Å².